The monoisotopic (exact) mass is 291 g/mol. The normalized spacial score (nSPS) is 10.4. The van der Waals surface area contributed by atoms with Gasteiger partial charge in [-0.2, -0.15) is 0 Å². The summed E-state index contributed by atoms with van der Waals surface area (Å²) in [5.41, 5.74) is 3.00. The Labute approximate surface area is 124 Å². The van der Waals surface area contributed by atoms with Crippen LogP contribution in [0.25, 0.3) is 11.1 Å². The van der Waals surface area contributed by atoms with E-state index in [2.05, 4.69) is 11.4 Å². The first kappa shape index (κ1) is 14.7. The second-order valence-electron chi connectivity index (χ2n) is 4.39. The first-order valence-corrected chi connectivity index (χ1v) is 6.73. The molecule has 4 heteroatoms. The summed E-state index contributed by atoms with van der Waals surface area (Å²) in [5, 5.41) is 3.81. The summed E-state index contributed by atoms with van der Waals surface area (Å²) in [7, 11) is 5.16. The van der Waals surface area contributed by atoms with Crippen molar-refractivity contribution in [2.75, 3.05) is 21.3 Å². The largest absolute Gasteiger partial charge is 0.493 e. The van der Waals surface area contributed by atoms with Crippen LogP contribution in [0.4, 0.5) is 0 Å². The van der Waals surface area contributed by atoms with Crippen LogP contribution >= 0.6 is 11.6 Å². The van der Waals surface area contributed by atoms with Crippen molar-refractivity contribution < 1.29 is 9.47 Å². The summed E-state index contributed by atoms with van der Waals surface area (Å²) in [5.74, 6) is 1.39. The average Bonchev–Trinajstić information content (AvgIpc) is 2.47. The lowest BCUT2D eigenvalue weighted by molar-refractivity contribution is 0.356. The van der Waals surface area contributed by atoms with Crippen molar-refractivity contribution in [3.63, 3.8) is 0 Å². The van der Waals surface area contributed by atoms with Gasteiger partial charge < -0.3 is 14.8 Å². The number of benzene rings is 2. The van der Waals surface area contributed by atoms with Gasteiger partial charge in [0.25, 0.3) is 0 Å². The van der Waals surface area contributed by atoms with E-state index in [9.17, 15) is 0 Å². The highest BCUT2D eigenvalue weighted by Gasteiger charge is 2.14. The lowest BCUT2D eigenvalue weighted by Gasteiger charge is -2.14. The van der Waals surface area contributed by atoms with Crippen LogP contribution < -0.4 is 14.8 Å². The summed E-state index contributed by atoms with van der Waals surface area (Å²) >= 11 is 6.40. The van der Waals surface area contributed by atoms with Crippen LogP contribution in [0.15, 0.2) is 36.4 Å². The van der Waals surface area contributed by atoms with E-state index >= 15 is 0 Å². The Bertz CT molecular complexity index is 599. The molecule has 2 aromatic carbocycles. The first-order chi connectivity index (χ1) is 9.71. The van der Waals surface area contributed by atoms with E-state index in [0.29, 0.717) is 16.5 Å². The van der Waals surface area contributed by atoms with E-state index < -0.39 is 0 Å². The summed E-state index contributed by atoms with van der Waals surface area (Å²) in [6.07, 6.45) is 0. The molecule has 2 aromatic rings. The third kappa shape index (κ3) is 2.89. The number of methoxy groups -OCH3 is 2. The van der Waals surface area contributed by atoms with E-state index in [1.165, 1.54) is 0 Å². The summed E-state index contributed by atoms with van der Waals surface area (Å²) in [4.78, 5) is 0. The topological polar surface area (TPSA) is 30.5 Å². The number of ether oxygens (including phenoxy) is 2. The minimum Gasteiger partial charge on any atom is -0.493 e. The van der Waals surface area contributed by atoms with Gasteiger partial charge in [0.1, 0.15) is 0 Å². The fraction of sp³-hybridized carbons (Fsp3) is 0.250. The van der Waals surface area contributed by atoms with Gasteiger partial charge in [0.2, 0.25) is 0 Å². The number of hydrogen-bond acceptors (Lipinski definition) is 3. The number of para-hydroxylation sites is 1. The Balaban J connectivity index is 2.51. The molecular weight excluding hydrogens is 274 g/mol. The fourth-order valence-electron chi connectivity index (χ4n) is 2.19. The van der Waals surface area contributed by atoms with Crippen LogP contribution in [0.2, 0.25) is 5.02 Å². The molecule has 2 rings (SSSR count). The Morgan fingerprint density at radius 3 is 2.45 bits per heavy atom. The van der Waals surface area contributed by atoms with Gasteiger partial charge in [-0.05, 0) is 24.7 Å². The maximum atomic E-state index is 6.40. The minimum absolute atomic E-state index is 0.693. The maximum Gasteiger partial charge on any atom is 0.168 e. The summed E-state index contributed by atoms with van der Waals surface area (Å²) in [6, 6.07) is 11.8. The zero-order valence-corrected chi connectivity index (χ0v) is 12.6. The van der Waals surface area contributed by atoms with Crippen LogP contribution in [-0.2, 0) is 6.54 Å². The predicted molar refractivity (Wildman–Crippen MR) is 82.8 cm³/mol. The van der Waals surface area contributed by atoms with Crippen LogP contribution in [-0.4, -0.2) is 21.3 Å². The highest BCUT2D eigenvalue weighted by Crippen LogP contribution is 2.40. The summed E-state index contributed by atoms with van der Waals surface area (Å²) < 4.78 is 10.8. The van der Waals surface area contributed by atoms with E-state index in [1.807, 2.05) is 37.4 Å². The molecule has 3 nitrogen and oxygen atoms in total. The molecule has 0 aromatic heterocycles. The molecule has 0 saturated carbocycles. The molecule has 0 atom stereocenters. The van der Waals surface area contributed by atoms with E-state index in [4.69, 9.17) is 21.1 Å². The molecule has 0 saturated heterocycles. The lowest BCUT2D eigenvalue weighted by atomic mass is 10.0. The Morgan fingerprint density at radius 1 is 1.05 bits per heavy atom. The quantitative estimate of drug-likeness (QED) is 0.910. The SMILES string of the molecule is CNCc1ccc(-c2cccc(OC)c2OC)c(Cl)c1. The van der Waals surface area contributed by atoms with Gasteiger partial charge in [-0.1, -0.05) is 35.9 Å². The van der Waals surface area contributed by atoms with Gasteiger partial charge in [0.05, 0.1) is 14.2 Å². The first-order valence-electron chi connectivity index (χ1n) is 6.35. The average molecular weight is 292 g/mol. The second-order valence-corrected chi connectivity index (χ2v) is 4.79. The number of rotatable bonds is 5. The highest BCUT2D eigenvalue weighted by molar-refractivity contribution is 6.33. The van der Waals surface area contributed by atoms with Gasteiger partial charge in [0.15, 0.2) is 11.5 Å². The van der Waals surface area contributed by atoms with Crippen molar-refractivity contribution in [1.29, 1.82) is 0 Å². The van der Waals surface area contributed by atoms with Crippen molar-refractivity contribution >= 4 is 11.6 Å². The van der Waals surface area contributed by atoms with Crippen molar-refractivity contribution in [3.8, 4) is 22.6 Å². The zero-order chi connectivity index (χ0) is 14.5. The van der Waals surface area contributed by atoms with Crippen molar-refractivity contribution in [2.45, 2.75) is 6.54 Å². The highest BCUT2D eigenvalue weighted by atomic mass is 35.5. The maximum absolute atomic E-state index is 6.40. The third-order valence-electron chi connectivity index (χ3n) is 3.11. The molecule has 0 heterocycles. The smallest absolute Gasteiger partial charge is 0.168 e. The molecule has 0 amide bonds. The second kappa shape index (κ2) is 6.64. The van der Waals surface area contributed by atoms with Crippen LogP contribution in [0.5, 0.6) is 11.5 Å². The van der Waals surface area contributed by atoms with Crippen molar-refractivity contribution in [2.24, 2.45) is 0 Å². The van der Waals surface area contributed by atoms with E-state index in [1.54, 1.807) is 14.2 Å². The number of nitrogens with one attached hydrogen (secondary N) is 1. The van der Waals surface area contributed by atoms with Gasteiger partial charge in [-0.3, -0.25) is 0 Å². The van der Waals surface area contributed by atoms with Gasteiger partial charge in [0, 0.05) is 22.7 Å². The van der Waals surface area contributed by atoms with E-state index in [0.717, 1.165) is 23.2 Å². The van der Waals surface area contributed by atoms with Gasteiger partial charge in [-0.15, -0.1) is 0 Å². The molecular formula is C16H18ClNO2. The molecule has 0 radical (unpaired) electrons. The molecule has 0 aliphatic heterocycles. The van der Waals surface area contributed by atoms with Crippen molar-refractivity contribution in [1.82, 2.24) is 5.32 Å². The molecule has 0 aliphatic carbocycles. The van der Waals surface area contributed by atoms with Gasteiger partial charge >= 0.3 is 0 Å². The van der Waals surface area contributed by atoms with E-state index in [-0.39, 0.29) is 0 Å². The fourth-order valence-corrected chi connectivity index (χ4v) is 2.50. The Morgan fingerprint density at radius 2 is 1.85 bits per heavy atom. The molecule has 0 fully saturated rings. The van der Waals surface area contributed by atoms with Gasteiger partial charge in [-0.25, -0.2) is 0 Å². The molecule has 106 valence electrons. The Hall–Kier alpha value is -1.71. The van der Waals surface area contributed by atoms with Crippen molar-refractivity contribution in [3.05, 3.63) is 47.0 Å². The molecule has 1 N–H and O–H groups in total. The molecule has 0 aliphatic rings. The molecule has 20 heavy (non-hydrogen) atoms. The van der Waals surface area contributed by atoms with Crippen LogP contribution in [0.3, 0.4) is 0 Å². The molecule has 0 bridgehead atoms. The summed E-state index contributed by atoms with van der Waals surface area (Å²) in [6.45, 7) is 0.787. The zero-order valence-electron chi connectivity index (χ0n) is 11.9. The molecule has 0 spiro atoms. The van der Waals surface area contributed by atoms with Crippen LogP contribution in [0.1, 0.15) is 5.56 Å². The lowest BCUT2D eigenvalue weighted by Crippen LogP contribution is -2.04. The minimum atomic E-state index is 0.693. The Kier molecular flexibility index (Phi) is 4.88. The number of hydrogen-bond donors (Lipinski definition) is 1. The van der Waals surface area contributed by atoms with Crippen LogP contribution in [0, 0.1) is 0 Å². The predicted octanol–water partition coefficient (Wildman–Crippen LogP) is 3.74. The molecule has 0 unspecified atom stereocenters. The third-order valence-corrected chi connectivity index (χ3v) is 3.42. The number of halogens is 1. The standard InChI is InChI=1S/C16H18ClNO2/c1-18-10-11-7-8-12(14(17)9-11)13-5-4-6-15(19-2)16(13)20-3/h4-9,18H,10H2,1-3H3.